The third-order valence-corrected chi connectivity index (χ3v) is 3.87. The summed E-state index contributed by atoms with van der Waals surface area (Å²) in [6.07, 6.45) is 3.03. The Hall–Kier alpha value is -1.65. The van der Waals surface area contributed by atoms with E-state index in [2.05, 4.69) is 40.3 Å². The number of nitrogens with two attached hydrogens (primary N) is 1. The maximum absolute atomic E-state index is 5.94. The first-order valence-corrected chi connectivity index (χ1v) is 6.75. The zero-order chi connectivity index (χ0) is 13.2. The van der Waals surface area contributed by atoms with Crippen LogP contribution in [0.5, 0.6) is 0 Å². The normalized spacial score (nSPS) is 19.4. The van der Waals surface area contributed by atoms with E-state index in [4.69, 9.17) is 5.73 Å². The Labute approximate surface area is 113 Å². The van der Waals surface area contributed by atoms with Gasteiger partial charge in [-0.25, -0.2) is 0 Å². The highest BCUT2D eigenvalue weighted by Crippen LogP contribution is 2.24. The molecule has 4 nitrogen and oxygen atoms in total. The third-order valence-electron chi connectivity index (χ3n) is 3.87. The van der Waals surface area contributed by atoms with Crippen molar-refractivity contribution in [2.75, 3.05) is 6.54 Å². The lowest BCUT2D eigenvalue weighted by Gasteiger charge is -2.35. The molecular formula is C15H20N4. The summed E-state index contributed by atoms with van der Waals surface area (Å²) in [5.74, 6) is 0. The molecule has 1 aliphatic rings. The molecule has 1 aromatic heterocycles. The van der Waals surface area contributed by atoms with E-state index in [0.717, 1.165) is 25.2 Å². The molecule has 1 atom stereocenters. The van der Waals surface area contributed by atoms with Gasteiger partial charge in [0.05, 0.1) is 5.69 Å². The maximum atomic E-state index is 5.94. The van der Waals surface area contributed by atoms with E-state index in [-0.39, 0.29) is 0 Å². The zero-order valence-corrected chi connectivity index (χ0v) is 11.3. The minimum absolute atomic E-state index is 0.414. The number of aryl methyl sites for hydroxylation is 1. The van der Waals surface area contributed by atoms with E-state index in [0.29, 0.717) is 12.6 Å². The van der Waals surface area contributed by atoms with Crippen molar-refractivity contribution in [3.8, 4) is 0 Å². The van der Waals surface area contributed by atoms with Crippen LogP contribution in [0.4, 0.5) is 0 Å². The van der Waals surface area contributed by atoms with Crippen LogP contribution in [0, 0.1) is 0 Å². The molecule has 19 heavy (non-hydrogen) atoms. The standard InChI is InChI=1S/C15H20N4/c1-18-7-6-14(17-18)11-19-10-13-5-3-2-4-12(13)8-15(19)9-16/h2-7,15H,8-11,16H2,1H3. The van der Waals surface area contributed by atoms with E-state index in [1.54, 1.807) is 0 Å². The van der Waals surface area contributed by atoms with Crippen LogP contribution in [0.15, 0.2) is 36.5 Å². The second kappa shape index (κ2) is 5.15. The van der Waals surface area contributed by atoms with Crippen LogP contribution in [0.25, 0.3) is 0 Å². The first kappa shape index (κ1) is 12.4. The van der Waals surface area contributed by atoms with E-state index in [1.807, 2.05) is 17.9 Å². The fraction of sp³-hybridized carbons (Fsp3) is 0.400. The molecule has 0 saturated heterocycles. The molecule has 0 amide bonds. The average Bonchev–Trinajstić information content (AvgIpc) is 2.83. The summed E-state index contributed by atoms with van der Waals surface area (Å²) in [7, 11) is 1.95. The Balaban J connectivity index is 1.81. The molecule has 100 valence electrons. The zero-order valence-electron chi connectivity index (χ0n) is 11.3. The molecule has 1 unspecified atom stereocenters. The second-order valence-corrected chi connectivity index (χ2v) is 5.25. The number of aromatic nitrogens is 2. The predicted molar refractivity (Wildman–Crippen MR) is 75.4 cm³/mol. The smallest absolute Gasteiger partial charge is 0.0764 e. The molecule has 2 heterocycles. The summed E-state index contributed by atoms with van der Waals surface area (Å²) >= 11 is 0. The van der Waals surface area contributed by atoms with Crippen LogP contribution >= 0.6 is 0 Å². The quantitative estimate of drug-likeness (QED) is 0.900. The van der Waals surface area contributed by atoms with Crippen molar-refractivity contribution in [2.24, 2.45) is 12.8 Å². The molecule has 0 spiro atoms. The highest BCUT2D eigenvalue weighted by Gasteiger charge is 2.25. The van der Waals surface area contributed by atoms with E-state index in [9.17, 15) is 0 Å². The van der Waals surface area contributed by atoms with Crippen molar-refractivity contribution < 1.29 is 0 Å². The van der Waals surface area contributed by atoms with Gasteiger partial charge in [0, 0.05) is 38.9 Å². The molecular weight excluding hydrogens is 236 g/mol. The van der Waals surface area contributed by atoms with Gasteiger partial charge in [0.1, 0.15) is 0 Å². The lowest BCUT2D eigenvalue weighted by Crippen LogP contribution is -2.44. The van der Waals surface area contributed by atoms with Gasteiger partial charge in [-0.3, -0.25) is 9.58 Å². The molecule has 0 radical (unpaired) electrons. The number of hydrogen-bond donors (Lipinski definition) is 1. The Morgan fingerprint density at radius 2 is 2.05 bits per heavy atom. The van der Waals surface area contributed by atoms with Crippen molar-refractivity contribution in [3.05, 3.63) is 53.3 Å². The first-order valence-electron chi connectivity index (χ1n) is 6.75. The molecule has 0 fully saturated rings. The minimum atomic E-state index is 0.414. The van der Waals surface area contributed by atoms with Crippen LogP contribution in [-0.4, -0.2) is 27.3 Å². The monoisotopic (exact) mass is 256 g/mol. The van der Waals surface area contributed by atoms with Crippen molar-refractivity contribution in [3.63, 3.8) is 0 Å². The number of nitrogens with zero attached hydrogens (tertiary/aromatic N) is 3. The van der Waals surface area contributed by atoms with Gasteiger partial charge >= 0.3 is 0 Å². The average molecular weight is 256 g/mol. The molecule has 0 aliphatic carbocycles. The molecule has 1 aromatic carbocycles. The molecule has 2 aromatic rings. The molecule has 4 heteroatoms. The predicted octanol–water partition coefficient (Wildman–Crippen LogP) is 1.31. The molecule has 0 bridgehead atoms. The summed E-state index contributed by atoms with van der Waals surface area (Å²) in [5.41, 5.74) is 9.91. The largest absolute Gasteiger partial charge is 0.329 e. The van der Waals surface area contributed by atoms with Gasteiger partial charge in [-0.15, -0.1) is 0 Å². The summed E-state index contributed by atoms with van der Waals surface area (Å²) in [6.45, 7) is 2.53. The summed E-state index contributed by atoms with van der Waals surface area (Å²) < 4.78 is 1.85. The molecule has 1 aliphatic heterocycles. The Bertz CT molecular complexity index is 561. The highest BCUT2D eigenvalue weighted by molar-refractivity contribution is 5.30. The van der Waals surface area contributed by atoms with Gasteiger partial charge in [-0.2, -0.15) is 5.10 Å². The van der Waals surface area contributed by atoms with E-state index >= 15 is 0 Å². The third kappa shape index (κ3) is 2.55. The Morgan fingerprint density at radius 3 is 2.74 bits per heavy atom. The maximum Gasteiger partial charge on any atom is 0.0764 e. The molecule has 0 saturated carbocycles. The number of benzene rings is 1. The fourth-order valence-corrected chi connectivity index (χ4v) is 2.81. The fourth-order valence-electron chi connectivity index (χ4n) is 2.81. The van der Waals surface area contributed by atoms with Gasteiger partial charge in [0.2, 0.25) is 0 Å². The lowest BCUT2D eigenvalue weighted by molar-refractivity contribution is 0.164. The topological polar surface area (TPSA) is 47.1 Å². The van der Waals surface area contributed by atoms with Crippen LogP contribution < -0.4 is 5.73 Å². The minimum Gasteiger partial charge on any atom is -0.329 e. The summed E-state index contributed by atoms with van der Waals surface area (Å²) in [4.78, 5) is 2.44. The van der Waals surface area contributed by atoms with E-state index in [1.165, 1.54) is 11.1 Å². The van der Waals surface area contributed by atoms with Gasteiger partial charge in [-0.05, 0) is 23.6 Å². The summed E-state index contributed by atoms with van der Waals surface area (Å²) in [5, 5.41) is 4.46. The van der Waals surface area contributed by atoms with Crippen LogP contribution in [-0.2, 0) is 26.6 Å². The van der Waals surface area contributed by atoms with Crippen molar-refractivity contribution >= 4 is 0 Å². The van der Waals surface area contributed by atoms with E-state index < -0.39 is 0 Å². The van der Waals surface area contributed by atoms with Gasteiger partial charge in [0.25, 0.3) is 0 Å². The number of fused-ring (bicyclic) bond motifs is 1. The number of hydrogen-bond acceptors (Lipinski definition) is 3. The number of rotatable bonds is 3. The van der Waals surface area contributed by atoms with Gasteiger partial charge < -0.3 is 5.73 Å². The van der Waals surface area contributed by atoms with Crippen LogP contribution in [0.2, 0.25) is 0 Å². The Morgan fingerprint density at radius 1 is 1.26 bits per heavy atom. The first-order chi connectivity index (χ1) is 9.26. The highest BCUT2D eigenvalue weighted by atomic mass is 15.3. The lowest BCUT2D eigenvalue weighted by atomic mass is 9.94. The van der Waals surface area contributed by atoms with Gasteiger partial charge in [-0.1, -0.05) is 24.3 Å². The van der Waals surface area contributed by atoms with Crippen molar-refractivity contribution in [2.45, 2.75) is 25.6 Å². The van der Waals surface area contributed by atoms with Gasteiger partial charge in [0.15, 0.2) is 0 Å². The van der Waals surface area contributed by atoms with Crippen molar-refractivity contribution in [1.29, 1.82) is 0 Å². The molecule has 2 N–H and O–H groups in total. The van der Waals surface area contributed by atoms with Crippen molar-refractivity contribution in [1.82, 2.24) is 14.7 Å². The second-order valence-electron chi connectivity index (χ2n) is 5.25. The Kier molecular flexibility index (Phi) is 3.36. The molecule has 3 rings (SSSR count). The van der Waals surface area contributed by atoms with Crippen LogP contribution in [0.1, 0.15) is 16.8 Å². The summed E-state index contributed by atoms with van der Waals surface area (Å²) in [6, 6.07) is 11.1. The SMILES string of the molecule is Cn1ccc(CN2Cc3ccccc3CC2CN)n1. The van der Waals surface area contributed by atoms with Crippen LogP contribution in [0.3, 0.4) is 0 Å².